The summed E-state index contributed by atoms with van der Waals surface area (Å²) >= 11 is 0. The van der Waals surface area contributed by atoms with Gasteiger partial charge < -0.3 is 10.1 Å². The van der Waals surface area contributed by atoms with Crippen molar-refractivity contribution in [1.29, 1.82) is 0 Å². The Morgan fingerprint density at radius 1 is 1.45 bits per heavy atom. The highest BCUT2D eigenvalue weighted by Crippen LogP contribution is 2.44. The molecule has 0 amide bonds. The summed E-state index contributed by atoms with van der Waals surface area (Å²) in [6.45, 7) is 7.76. The van der Waals surface area contributed by atoms with E-state index in [-0.39, 0.29) is 5.54 Å². The van der Waals surface area contributed by atoms with Gasteiger partial charge in [-0.25, -0.2) is 4.98 Å². The number of hydrogen-bond donors (Lipinski definition) is 1. The highest BCUT2D eigenvalue weighted by Gasteiger charge is 2.47. The van der Waals surface area contributed by atoms with Crippen molar-refractivity contribution in [3.63, 3.8) is 0 Å². The molecule has 3 rings (SSSR count). The zero-order valence-corrected chi connectivity index (χ0v) is 12.7. The van der Waals surface area contributed by atoms with Crippen LogP contribution in [0.3, 0.4) is 0 Å². The van der Waals surface area contributed by atoms with Crippen LogP contribution in [-0.2, 0) is 6.54 Å². The molecule has 1 saturated heterocycles. The summed E-state index contributed by atoms with van der Waals surface area (Å²) in [4.78, 5) is 7.19. The van der Waals surface area contributed by atoms with Gasteiger partial charge in [-0.3, -0.25) is 4.90 Å². The van der Waals surface area contributed by atoms with E-state index in [2.05, 4.69) is 35.1 Å². The molecule has 1 saturated carbocycles. The number of piperazine rings is 1. The third-order valence-corrected chi connectivity index (χ3v) is 4.83. The van der Waals surface area contributed by atoms with Crippen LogP contribution in [0.4, 0.5) is 0 Å². The summed E-state index contributed by atoms with van der Waals surface area (Å²) < 4.78 is 5.23. The molecule has 2 aliphatic rings. The molecule has 0 aromatic carbocycles. The fourth-order valence-electron chi connectivity index (χ4n) is 3.30. The maximum atomic E-state index is 5.23. The third kappa shape index (κ3) is 2.67. The van der Waals surface area contributed by atoms with E-state index in [9.17, 15) is 0 Å². The molecule has 2 heterocycles. The van der Waals surface area contributed by atoms with Crippen molar-refractivity contribution in [3.8, 4) is 5.88 Å². The zero-order valence-electron chi connectivity index (χ0n) is 12.7. The van der Waals surface area contributed by atoms with Crippen LogP contribution in [0, 0.1) is 5.92 Å². The largest absolute Gasteiger partial charge is 0.481 e. The molecule has 110 valence electrons. The van der Waals surface area contributed by atoms with Crippen molar-refractivity contribution >= 4 is 0 Å². The first kappa shape index (κ1) is 13.8. The van der Waals surface area contributed by atoms with E-state index in [1.807, 2.05) is 12.1 Å². The van der Waals surface area contributed by atoms with E-state index in [0.29, 0.717) is 11.9 Å². The number of hydrogen-bond acceptors (Lipinski definition) is 4. The Bertz CT molecular complexity index is 475. The van der Waals surface area contributed by atoms with Gasteiger partial charge >= 0.3 is 0 Å². The number of rotatable bonds is 4. The third-order valence-electron chi connectivity index (χ3n) is 4.83. The Balaban J connectivity index is 1.78. The SMILES string of the molecule is COc1cccc(CN2CC(C)NCC2(C)C2CC2)n1. The summed E-state index contributed by atoms with van der Waals surface area (Å²) in [5, 5.41) is 3.65. The van der Waals surface area contributed by atoms with Gasteiger partial charge in [0, 0.05) is 37.3 Å². The fraction of sp³-hybridized carbons (Fsp3) is 0.688. The molecule has 0 spiro atoms. The van der Waals surface area contributed by atoms with Gasteiger partial charge in [-0.05, 0) is 38.7 Å². The van der Waals surface area contributed by atoms with Crippen LogP contribution >= 0.6 is 0 Å². The quantitative estimate of drug-likeness (QED) is 0.912. The van der Waals surface area contributed by atoms with Crippen LogP contribution in [0.2, 0.25) is 0 Å². The van der Waals surface area contributed by atoms with Gasteiger partial charge in [0.15, 0.2) is 0 Å². The summed E-state index contributed by atoms with van der Waals surface area (Å²) in [5.41, 5.74) is 1.38. The van der Waals surface area contributed by atoms with E-state index >= 15 is 0 Å². The molecule has 4 nitrogen and oxygen atoms in total. The Morgan fingerprint density at radius 3 is 2.95 bits per heavy atom. The van der Waals surface area contributed by atoms with Gasteiger partial charge in [0.1, 0.15) is 0 Å². The molecule has 1 aliphatic heterocycles. The van der Waals surface area contributed by atoms with Crippen molar-refractivity contribution in [3.05, 3.63) is 23.9 Å². The predicted molar refractivity (Wildman–Crippen MR) is 79.8 cm³/mol. The normalized spacial score (nSPS) is 31.2. The first-order valence-corrected chi connectivity index (χ1v) is 7.60. The van der Waals surface area contributed by atoms with Crippen molar-refractivity contribution < 1.29 is 4.74 Å². The second kappa shape index (κ2) is 5.34. The lowest BCUT2D eigenvalue weighted by Gasteiger charge is -2.48. The first-order valence-electron chi connectivity index (χ1n) is 7.60. The lowest BCUT2D eigenvalue weighted by molar-refractivity contribution is 0.0300. The van der Waals surface area contributed by atoms with Gasteiger partial charge in [-0.15, -0.1) is 0 Å². The van der Waals surface area contributed by atoms with Crippen LogP contribution in [0.1, 0.15) is 32.4 Å². The van der Waals surface area contributed by atoms with Crippen LogP contribution in [0.5, 0.6) is 5.88 Å². The van der Waals surface area contributed by atoms with E-state index in [1.54, 1.807) is 7.11 Å². The molecule has 4 heteroatoms. The molecule has 1 aliphatic carbocycles. The number of pyridine rings is 1. The fourth-order valence-corrected chi connectivity index (χ4v) is 3.30. The maximum Gasteiger partial charge on any atom is 0.213 e. The Morgan fingerprint density at radius 2 is 2.25 bits per heavy atom. The van der Waals surface area contributed by atoms with E-state index in [1.165, 1.54) is 12.8 Å². The number of nitrogens with zero attached hydrogens (tertiary/aromatic N) is 2. The second-order valence-electron chi connectivity index (χ2n) is 6.47. The molecule has 20 heavy (non-hydrogen) atoms. The Labute approximate surface area is 121 Å². The molecule has 2 fully saturated rings. The van der Waals surface area contributed by atoms with E-state index < -0.39 is 0 Å². The average molecular weight is 275 g/mol. The standard InChI is InChI=1S/C16H25N3O/c1-12-9-19(16(2,11-17-12)13-7-8-13)10-14-5-4-6-15(18-14)20-3/h4-6,12-13,17H,7-11H2,1-3H3. The highest BCUT2D eigenvalue weighted by atomic mass is 16.5. The van der Waals surface area contributed by atoms with Gasteiger partial charge in [-0.1, -0.05) is 6.07 Å². The lowest BCUT2D eigenvalue weighted by atomic mass is 9.89. The number of nitrogens with one attached hydrogen (secondary N) is 1. The number of aromatic nitrogens is 1. The minimum atomic E-state index is 0.275. The van der Waals surface area contributed by atoms with Crippen LogP contribution in [0.25, 0.3) is 0 Å². The summed E-state index contributed by atoms with van der Waals surface area (Å²) in [5.74, 6) is 1.55. The summed E-state index contributed by atoms with van der Waals surface area (Å²) in [6.07, 6.45) is 2.74. The maximum absolute atomic E-state index is 5.23. The van der Waals surface area contributed by atoms with Crippen molar-refractivity contribution in [2.75, 3.05) is 20.2 Å². The lowest BCUT2D eigenvalue weighted by Crippen LogP contribution is -2.63. The number of ether oxygens (including phenoxy) is 1. The van der Waals surface area contributed by atoms with Crippen molar-refractivity contribution in [2.24, 2.45) is 5.92 Å². The van der Waals surface area contributed by atoms with Gasteiger partial charge in [0.25, 0.3) is 0 Å². The molecule has 0 bridgehead atoms. The van der Waals surface area contributed by atoms with Crippen molar-refractivity contribution in [1.82, 2.24) is 15.2 Å². The monoisotopic (exact) mass is 275 g/mol. The number of methoxy groups -OCH3 is 1. The molecule has 0 radical (unpaired) electrons. The van der Waals surface area contributed by atoms with Crippen LogP contribution in [0.15, 0.2) is 18.2 Å². The van der Waals surface area contributed by atoms with Gasteiger partial charge in [0.2, 0.25) is 5.88 Å². The van der Waals surface area contributed by atoms with Crippen molar-refractivity contribution in [2.45, 2.75) is 44.8 Å². The first-order chi connectivity index (χ1) is 9.61. The average Bonchev–Trinajstić information content (AvgIpc) is 3.28. The molecule has 2 atom stereocenters. The van der Waals surface area contributed by atoms with Gasteiger partial charge in [-0.2, -0.15) is 0 Å². The summed E-state index contributed by atoms with van der Waals surface area (Å²) in [6, 6.07) is 6.58. The van der Waals surface area contributed by atoms with Gasteiger partial charge in [0.05, 0.1) is 12.8 Å². The minimum Gasteiger partial charge on any atom is -0.481 e. The predicted octanol–water partition coefficient (Wildman–Crippen LogP) is 2.05. The Kier molecular flexibility index (Phi) is 3.69. The zero-order chi connectivity index (χ0) is 14.2. The highest BCUT2D eigenvalue weighted by molar-refractivity contribution is 5.16. The van der Waals surface area contributed by atoms with Crippen LogP contribution < -0.4 is 10.1 Å². The molecular formula is C16H25N3O. The molecule has 1 N–H and O–H groups in total. The smallest absolute Gasteiger partial charge is 0.213 e. The molecule has 1 aromatic heterocycles. The minimum absolute atomic E-state index is 0.275. The topological polar surface area (TPSA) is 37.4 Å². The van der Waals surface area contributed by atoms with E-state index in [0.717, 1.165) is 31.2 Å². The second-order valence-corrected chi connectivity index (χ2v) is 6.47. The molecule has 2 unspecified atom stereocenters. The molecule has 1 aromatic rings. The van der Waals surface area contributed by atoms with E-state index in [4.69, 9.17) is 4.74 Å². The Hall–Kier alpha value is -1.13. The summed E-state index contributed by atoms with van der Waals surface area (Å²) in [7, 11) is 1.67. The molecular weight excluding hydrogens is 250 g/mol. The van der Waals surface area contributed by atoms with Crippen LogP contribution in [-0.4, -0.2) is 41.7 Å².